The minimum absolute atomic E-state index is 0.159. The zero-order valence-electron chi connectivity index (χ0n) is 10.3. The van der Waals surface area contributed by atoms with E-state index in [-0.39, 0.29) is 15.6 Å². The summed E-state index contributed by atoms with van der Waals surface area (Å²) in [4.78, 5) is 11.4. The molecular weight excluding hydrogens is 316 g/mol. The van der Waals surface area contributed by atoms with E-state index in [1.165, 1.54) is 25.1 Å². The Balaban J connectivity index is 3.16. The molecule has 0 aliphatic heterocycles. The summed E-state index contributed by atoms with van der Waals surface area (Å²) in [5.41, 5.74) is -3.22. The Kier molecular flexibility index (Phi) is 5.24. The van der Waals surface area contributed by atoms with E-state index in [1.807, 2.05) is 0 Å². The summed E-state index contributed by atoms with van der Waals surface area (Å²) in [6.07, 6.45) is -4.14. The lowest BCUT2D eigenvalue weighted by Crippen LogP contribution is -2.50. The molecule has 0 aliphatic rings. The monoisotopic (exact) mass is 326 g/mol. The van der Waals surface area contributed by atoms with Crippen molar-refractivity contribution in [1.82, 2.24) is 0 Å². The first-order valence-electron chi connectivity index (χ1n) is 5.58. The zero-order valence-corrected chi connectivity index (χ0v) is 11.9. The van der Waals surface area contributed by atoms with Crippen molar-refractivity contribution in [2.45, 2.75) is 25.1 Å². The van der Waals surface area contributed by atoms with Gasteiger partial charge in [-0.3, -0.25) is 4.79 Å². The highest BCUT2D eigenvalue weighted by atomic mass is 35.5. The van der Waals surface area contributed by atoms with Crippen molar-refractivity contribution >= 4 is 35.1 Å². The molecule has 1 aromatic rings. The van der Waals surface area contributed by atoms with Gasteiger partial charge in [-0.05, 0) is 23.8 Å². The Morgan fingerprint density at radius 2 is 1.90 bits per heavy atom. The van der Waals surface area contributed by atoms with Crippen LogP contribution in [0.2, 0.25) is 10.0 Å². The normalized spacial score (nSPS) is 15.3. The zero-order chi connectivity index (χ0) is 15.6. The molecule has 7 heteroatoms. The summed E-state index contributed by atoms with van der Waals surface area (Å²) in [7, 11) is 0. The molecule has 1 aromatic carbocycles. The first-order chi connectivity index (χ1) is 9.11. The fourth-order valence-electron chi connectivity index (χ4n) is 1.45. The number of halogens is 5. The highest BCUT2D eigenvalue weighted by Gasteiger charge is 2.56. The lowest BCUT2D eigenvalue weighted by atomic mass is 9.94. The highest BCUT2D eigenvalue weighted by Crippen LogP contribution is 2.34. The molecule has 1 atom stereocenters. The average Bonchev–Trinajstić information content (AvgIpc) is 2.37. The third-order valence-corrected chi connectivity index (χ3v) is 3.38. The van der Waals surface area contributed by atoms with Gasteiger partial charge in [0.25, 0.3) is 0 Å². The van der Waals surface area contributed by atoms with E-state index in [0.29, 0.717) is 6.08 Å². The molecule has 2 nitrogen and oxygen atoms in total. The van der Waals surface area contributed by atoms with Crippen molar-refractivity contribution in [1.29, 1.82) is 0 Å². The van der Waals surface area contributed by atoms with E-state index < -0.39 is 24.0 Å². The molecule has 1 unspecified atom stereocenters. The van der Waals surface area contributed by atoms with Crippen LogP contribution < -0.4 is 0 Å². The van der Waals surface area contributed by atoms with Crippen LogP contribution in [0.25, 0.3) is 6.08 Å². The van der Waals surface area contributed by atoms with Crippen LogP contribution in [0.1, 0.15) is 18.9 Å². The molecular formula is C13H11Cl2F3O2. The summed E-state index contributed by atoms with van der Waals surface area (Å²) in [6, 6.07) is 4.14. The van der Waals surface area contributed by atoms with E-state index in [4.69, 9.17) is 23.2 Å². The SMILES string of the molecule is CCC(=O)C(O)(/C=C/c1ccc(Cl)c(Cl)c1)C(F)(F)F. The molecule has 0 saturated heterocycles. The van der Waals surface area contributed by atoms with Crippen LogP contribution in [-0.4, -0.2) is 22.7 Å². The fourth-order valence-corrected chi connectivity index (χ4v) is 1.75. The number of rotatable bonds is 4. The van der Waals surface area contributed by atoms with Crippen molar-refractivity contribution in [3.8, 4) is 0 Å². The first kappa shape index (κ1) is 17.0. The van der Waals surface area contributed by atoms with E-state index >= 15 is 0 Å². The quantitative estimate of drug-likeness (QED) is 0.896. The lowest BCUT2D eigenvalue weighted by Gasteiger charge is -2.25. The van der Waals surface area contributed by atoms with Gasteiger partial charge >= 0.3 is 6.18 Å². The van der Waals surface area contributed by atoms with Gasteiger partial charge in [0.2, 0.25) is 5.60 Å². The van der Waals surface area contributed by atoms with Gasteiger partial charge in [0, 0.05) is 6.42 Å². The van der Waals surface area contributed by atoms with Crippen LogP contribution in [0.5, 0.6) is 0 Å². The molecule has 20 heavy (non-hydrogen) atoms. The van der Waals surface area contributed by atoms with Crippen molar-refractivity contribution < 1.29 is 23.1 Å². The third kappa shape index (κ3) is 3.53. The third-order valence-electron chi connectivity index (χ3n) is 2.64. The van der Waals surface area contributed by atoms with E-state index in [0.717, 1.165) is 6.08 Å². The topological polar surface area (TPSA) is 37.3 Å². The number of Topliss-reactive ketones (excluding diaryl/α,β-unsaturated/α-hetero) is 1. The Hall–Kier alpha value is -1.04. The van der Waals surface area contributed by atoms with Crippen LogP contribution in [0.15, 0.2) is 24.3 Å². The molecule has 110 valence electrons. The Morgan fingerprint density at radius 3 is 2.35 bits per heavy atom. The largest absolute Gasteiger partial charge is 0.428 e. The summed E-state index contributed by atoms with van der Waals surface area (Å²) in [5.74, 6) is -1.33. The molecule has 1 N–H and O–H groups in total. The number of alkyl halides is 3. The minimum Gasteiger partial charge on any atom is -0.370 e. The van der Waals surface area contributed by atoms with Gasteiger partial charge in [0.1, 0.15) is 0 Å². The summed E-state index contributed by atoms with van der Waals surface area (Å²) < 4.78 is 38.5. The second-order valence-corrected chi connectivity index (χ2v) is 4.86. The predicted molar refractivity (Wildman–Crippen MR) is 71.8 cm³/mol. The number of benzene rings is 1. The molecule has 1 rings (SSSR count). The smallest absolute Gasteiger partial charge is 0.370 e. The van der Waals surface area contributed by atoms with Crippen LogP contribution in [0.3, 0.4) is 0 Å². The molecule has 0 radical (unpaired) electrons. The van der Waals surface area contributed by atoms with E-state index in [2.05, 4.69) is 0 Å². The van der Waals surface area contributed by atoms with Gasteiger partial charge in [0.15, 0.2) is 5.78 Å². The minimum atomic E-state index is -5.09. The molecule has 0 saturated carbocycles. The maximum absolute atomic E-state index is 12.8. The number of hydrogen-bond donors (Lipinski definition) is 1. The van der Waals surface area contributed by atoms with Crippen molar-refractivity contribution in [2.24, 2.45) is 0 Å². The fraction of sp³-hybridized carbons (Fsp3) is 0.308. The average molecular weight is 327 g/mol. The molecule has 0 spiro atoms. The van der Waals surface area contributed by atoms with Crippen LogP contribution in [-0.2, 0) is 4.79 Å². The summed E-state index contributed by atoms with van der Waals surface area (Å²) in [5, 5.41) is 9.99. The number of carbonyl (C=O) groups is 1. The molecule has 0 amide bonds. The lowest BCUT2D eigenvalue weighted by molar-refractivity contribution is -0.232. The number of aliphatic hydroxyl groups is 1. The maximum Gasteiger partial charge on any atom is 0.428 e. The van der Waals surface area contributed by atoms with Crippen molar-refractivity contribution in [3.63, 3.8) is 0 Å². The first-order valence-corrected chi connectivity index (χ1v) is 6.34. The van der Waals surface area contributed by atoms with Crippen molar-refractivity contribution in [3.05, 3.63) is 39.9 Å². The van der Waals surface area contributed by atoms with E-state index in [9.17, 15) is 23.1 Å². The summed E-state index contributed by atoms with van der Waals surface area (Å²) in [6.45, 7) is 1.24. The van der Waals surface area contributed by atoms with Crippen molar-refractivity contribution in [2.75, 3.05) is 0 Å². The molecule has 0 heterocycles. The second-order valence-electron chi connectivity index (χ2n) is 4.05. The second kappa shape index (κ2) is 6.16. The Bertz CT molecular complexity index is 541. The highest BCUT2D eigenvalue weighted by molar-refractivity contribution is 6.42. The molecule has 0 bridgehead atoms. The van der Waals surface area contributed by atoms with E-state index in [1.54, 1.807) is 0 Å². The molecule has 0 aliphatic carbocycles. The number of hydrogen-bond acceptors (Lipinski definition) is 2. The predicted octanol–water partition coefficient (Wildman–Crippen LogP) is 4.28. The van der Waals surface area contributed by atoms with Gasteiger partial charge in [-0.25, -0.2) is 0 Å². The summed E-state index contributed by atoms with van der Waals surface area (Å²) >= 11 is 11.4. The molecule has 0 fully saturated rings. The number of carbonyl (C=O) groups excluding carboxylic acids is 1. The number of ketones is 1. The van der Waals surface area contributed by atoms with Crippen LogP contribution >= 0.6 is 23.2 Å². The van der Waals surface area contributed by atoms with Gasteiger partial charge in [-0.15, -0.1) is 0 Å². The molecule has 0 aromatic heterocycles. The Morgan fingerprint density at radius 1 is 1.30 bits per heavy atom. The van der Waals surface area contributed by atoms with Gasteiger partial charge in [-0.2, -0.15) is 13.2 Å². The maximum atomic E-state index is 12.8. The standard InChI is InChI=1S/C13H11Cl2F3O2/c1-2-11(19)12(20,13(16,17)18)6-5-8-3-4-9(14)10(15)7-8/h3-7,20H,2H2,1H3/b6-5+. The van der Waals surface area contributed by atoms with Gasteiger partial charge in [-0.1, -0.05) is 42.3 Å². The van der Waals surface area contributed by atoms with Gasteiger partial charge in [0.05, 0.1) is 10.0 Å². The van der Waals surface area contributed by atoms with Gasteiger partial charge < -0.3 is 5.11 Å². The van der Waals surface area contributed by atoms with Crippen LogP contribution in [0.4, 0.5) is 13.2 Å². The van der Waals surface area contributed by atoms with Crippen LogP contribution in [0, 0.1) is 0 Å². The Labute approximate surface area is 123 Å².